The minimum atomic E-state index is -0.421. The van der Waals surface area contributed by atoms with Gasteiger partial charge in [0.05, 0.1) is 11.3 Å². The molecule has 15 heteroatoms. The van der Waals surface area contributed by atoms with Crippen LogP contribution in [0.1, 0.15) is 165 Å². The number of rotatable bonds is 25. The van der Waals surface area contributed by atoms with Crippen LogP contribution in [0.3, 0.4) is 0 Å². The van der Waals surface area contributed by atoms with Crippen molar-refractivity contribution in [2.75, 3.05) is 76.9 Å². The highest BCUT2D eigenvalue weighted by Gasteiger charge is 2.44. The minimum absolute atomic E-state index is 0.0231. The second-order valence-electron chi connectivity index (χ2n) is 22.3. The first-order chi connectivity index (χ1) is 36.2. The number of hydrogen-bond donors (Lipinski definition) is 5. The molecule has 3 heterocycles. The van der Waals surface area contributed by atoms with E-state index in [9.17, 15) is 14.4 Å². The van der Waals surface area contributed by atoms with Crippen LogP contribution in [-0.4, -0.2) is 112 Å². The average Bonchev–Trinajstić information content (AvgIpc) is 3.74. The van der Waals surface area contributed by atoms with Crippen LogP contribution in [0, 0.1) is 0 Å². The van der Waals surface area contributed by atoms with E-state index in [1.54, 1.807) is 42.5 Å². The number of carbonyl (C=O) groups is 3. The van der Waals surface area contributed by atoms with Crippen molar-refractivity contribution in [3.05, 3.63) is 107 Å². The van der Waals surface area contributed by atoms with Gasteiger partial charge < -0.3 is 46.2 Å². The zero-order valence-corrected chi connectivity index (χ0v) is 47.9. The summed E-state index contributed by atoms with van der Waals surface area (Å²) in [6, 6.07) is 26.2. The summed E-state index contributed by atoms with van der Waals surface area (Å²) in [5, 5.41) is 16.4. The average molecular weight is 1040 g/mol. The number of unbranched alkanes of at least 4 members (excludes halogenated alkanes) is 1. The summed E-state index contributed by atoms with van der Waals surface area (Å²) in [7, 11) is 0. The molecule has 2 aliphatic heterocycles. The maximum absolute atomic E-state index is 14.1. The van der Waals surface area contributed by atoms with Gasteiger partial charge in [-0.2, -0.15) is 15.0 Å². The molecule has 5 aromatic rings. The highest BCUT2D eigenvalue weighted by atomic mass is 16.2. The molecule has 0 spiro atoms. The Hall–Kier alpha value is -6.58. The molecule has 0 saturated heterocycles. The van der Waals surface area contributed by atoms with Crippen LogP contribution in [0.25, 0.3) is 0 Å². The molecule has 408 valence electrons. The van der Waals surface area contributed by atoms with E-state index < -0.39 is 5.91 Å². The molecule has 2 unspecified atom stereocenters. The fourth-order valence-electron chi connectivity index (χ4n) is 11.0. The zero-order chi connectivity index (χ0) is 55.1. The van der Waals surface area contributed by atoms with Gasteiger partial charge in [-0.3, -0.25) is 14.4 Å². The molecule has 76 heavy (non-hydrogen) atoms. The molecule has 1 aromatic heterocycles. The van der Waals surface area contributed by atoms with Gasteiger partial charge in [-0.1, -0.05) is 67.5 Å². The molecule has 2 atom stereocenters. The summed E-state index contributed by atoms with van der Waals surface area (Å²) in [4.78, 5) is 65.5. The van der Waals surface area contributed by atoms with E-state index in [-0.39, 0.29) is 28.2 Å². The number of fused-ring (bicyclic) bond motifs is 2. The van der Waals surface area contributed by atoms with Gasteiger partial charge in [-0.05, 0) is 178 Å². The third-order valence-corrected chi connectivity index (χ3v) is 16.2. The van der Waals surface area contributed by atoms with Crippen molar-refractivity contribution < 1.29 is 14.4 Å². The van der Waals surface area contributed by atoms with Crippen LogP contribution in [0.5, 0.6) is 0 Å². The van der Waals surface area contributed by atoms with Crippen molar-refractivity contribution >= 4 is 69.6 Å². The van der Waals surface area contributed by atoms with Gasteiger partial charge in [0.1, 0.15) is 0 Å². The van der Waals surface area contributed by atoms with Crippen molar-refractivity contribution in [2.45, 2.75) is 158 Å². The van der Waals surface area contributed by atoms with Crippen molar-refractivity contribution in [1.82, 2.24) is 30.1 Å². The largest absolute Gasteiger partial charge is 0.365 e. The summed E-state index contributed by atoms with van der Waals surface area (Å²) in [6.07, 6.45) is 2.82. The Morgan fingerprint density at radius 1 is 0.566 bits per heavy atom. The molecule has 0 radical (unpaired) electrons. The van der Waals surface area contributed by atoms with E-state index in [0.29, 0.717) is 77.4 Å². The van der Waals surface area contributed by atoms with Gasteiger partial charge in [-0.25, -0.2) is 0 Å². The molecule has 2 amide bonds. The van der Waals surface area contributed by atoms with Crippen LogP contribution < -0.4 is 36.4 Å². The number of aromatic nitrogens is 3. The van der Waals surface area contributed by atoms with Crippen LogP contribution in [0.2, 0.25) is 0 Å². The number of Topliss-reactive ketones (excluding diaryl/α,β-unsaturated/α-hetero) is 1. The summed E-state index contributed by atoms with van der Waals surface area (Å²) in [5.74, 6) is 0.231. The van der Waals surface area contributed by atoms with Gasteiger partial charge >= 0.3 is 0 Å². The Bertz CT molecular complexity index is 2820. The highest BCUT2D eigenvalue weighted by molar-refractivity contribution is 6.10. The van der Waals surface area contributed by atoms with Gasteiger partial charge in [0, 0.05) is 87.5 Å². The van der Waals surface area contributed by atoms with Crippen molar-refractivity contribution in [3.8, 4) is 0 Å². The molecule has 2 aliphatic rings. The van der Waals surface area contributed by atoms with Gasteiger partial charge in [-0.15, -0.1) is 0 Å². The number of nitrogens with zero attached hydrogens (tertiary/aromatic N) is 7. The first-order valence-electron chi connectivity index (χ1n) is 27.9. The van der Waals surface area contributed by atoms with Gasteiger partial charge in [0.2, 0.25) is 17.8 Å². The second kappa shape index (κ2) is 24.6. The molecular weight excluding hydrogens is 949 g/mol. The topological polar surface area (TPSA) is 163 Å². The normalized spacial score (nSPS) is 16.3. The quantitative estimate of drug-likeness (QED) is 0.0278. The third-order valence-electron chi connectivity index (χ3n) is 16.2. The molecule has 15 nitrogen and oxygen atoms in total. The fourth-order valence-corrected chi connectivity index (χ4v) is 11.0. The highest BCUT2D eigenvalue weighted by Crippen LogP contribution is 2.48. The maximum atomic E-state index is 14.1. The van der Waals surface area contributed by atoms with Crippen molar-refractivity contribution in [2.24, 2.45) is 0 Å². The molecular formula is C61H86N12O3. The lowest BCUT2D eigenvalue weighted by Gasteiger charge is -2.34. The first kappa shape index (κ1) is 57.1. The zero-order valence-electron chi connectivity index (χ0n) is 47.9. The number of benzene rings is 4. The number of hydrogen-bond acceptors (Lipinski definition) is 13. The van der Waals surface area contributed by atoms with E-state index in [1.165, 1.54) is 22.5 Å². The standard InChI is InChI=1S/C61H86N12O3/c1-15-70(16-2)34-20-19-22-54(74)44-25-30-48(56(76)62-33-21-35-71(17-3)18-4)51(36-44)66-55(75)43-23-26-45(27-24-43)63-57-67-58(64-46-29-32-52-50(37-46)61(13,14)42(10)72(52)39(5)6)69-59(68-57)65-47-28-31-49-53(38-47)73(40(7)8)41(9)60(49,11)12/h23-32,36-42H,15-22,33-35H2,1-14H3,(H,62,76)(H,66,75)(H3,63,64,65,67,68,69). The lowest BCUT2D eigenvalue weighted by molar-refractivity contribution is 0.0948. The van der Waals surface area contributed by atoms with Crippen molar-refractivity contribution in [3.63, 3.8) is 0 Å². The minimum Gasteiger partial charge on any atom is -0.365 e. The molecule has 0 bridgehead atoms. The number of nitrogens with one attached hydrogen (secondary N) is 5. The second-order valence-corrected chi connectivity index (χ2v) is 22.3. The van der Waals surface area contributed by atoms with E-state index in [0.717, 1.165) is 69.9 Å². The Balaban J connectivity index is 1.13. The van der Waals surface area contributed by atoms with Crippen LogP contribution in [0.4, 0.5) is 52.0 Å². The van der Waals surface area contributed by atoms with E-state index in [1.807, 2.05) is 0 Å². The number of amides is 2. The molecule has 4 aromatic carbocycles. The molecule has 5 N–H and O–H groups in total. The Labute approximate surface area is 453 Å². The molecule has 0 aliphatic carbocycles. The van der Waals surface area contributed by atoms with Crippen LogP contribution >= 0.6 is 0 Å². The monoisotopic (exact) mass is 1030 g/mol. The Morgan fingerprint density at radius 2 is 1.07 bits per heavy atom. The Morgan fingerprint density at radius 3 is 1.64 bits per heavy atom. The fraction of sp³-hybridized carbons (Fsp3) is 0.508. The van der Waals surface area contributed by atoms with Crippen LogP contribution in [0.15, 0.2) is 78.9 Å². The van der Waals surface area contributed by atoms with Crippen LogP contribution in [-0.2, 0) is 10.8 Å². The van der Waals surface area contributed by atoms with E-state index in [2.05, 4.69) is 180 Å². The number of ketones is 1. The van der Waals surface area contributed by atoms with E-state index >= 15 is 0 Å². The smallest absolute Gasteiger partial charge is 0.255 e. The van der Waals surface area contributed by atoms with E-state index in [4.69, 9.17) is 15.0 Å². The predicted molar refractivity (Wildman–Crippen MR) is 314 cm³/mol. The van der Waals surface area contributed by atoms with Gasteiger partial charge in [0.25, 0.3) is 11.8 Å². The first-order valence-corrected chi connectivity index (χ1v) is 27.9. The summed E-state index contributed by atoms with van der Waals surface area (Å²) < 4.78 is 0. The molecule has 7 rings (SSSR count). The molecule has 0 saturated carbocycles. The summed E-state index contributed by atoms with van der Waals surface area (Å²) >= 11 is 0. The molecule has 0 fully saturated rings. The predicted octanol–water partition coefficient (Wildman–Crippen LogP) is 12.3. The Kier molecular flexibility index (Phi) is 18.5. The maximum Gasteiger partial charge on any atom is 0.255 e. The number of carbonyl (C=O) groups excluding carboxylic acids is 3. The van der Waals surface area contributed by atoms with Crippen molar-refractivity contribution in [1.29, 1.82) is 0 Å². The third kappa shape index (κ3) is 12.8. The lowest BCUT2D eigenvalue weighted by atomic mass is 9.81. The number of anilines is 9. The SMILES string of the molecule is CCN(CC)CCCCC(=O)c1ccc(C(=O)NCCCN(CC)CC)c(NC(=O)c2ccc(Nc3nc(Nc4ccc5c(c4)N(C(C)C)C(C)C5(C)C)nc(Nc4ccc5c(c4)C(C)(C)C(C)N5C(C)C)n3)cc2)c1. The summed E-state index contributed by atoms with van der Waals surface area (Å²) in [6.45, 7) is 37.4. The lowest BCUT2D eigenvalue weighted by Crippen LogP contribution is -2.42. The van der Waals surface area contributed by atoms with Gasteiger partial charge in [0.15, 0.2) is 5.78 Å². The summed E-state index contributed by atoms with van der Waals surface area (Å²) in [5.41, 5.74) is 8.63.